The van der Waals surface area contributed by atoms with E-state index >= 15 is 0 Å². The van der Waals surface area contributed by atoms with Gasteiger partial charge in [-0.1, -0.05) is 15.9 Å². The molecule has 14 heavy (non-hydrogen) atoms. The van der Waals surface area contributed by atoms with Crippen LogP contribution in [0.3, 0.4) is 0 Å². The van der Waals surface area contributed by atoms with Crippen molar-refractivity contribution >= 4 is 33.0 Å². The number of ether oxygens (including phenoxy) is 1. The fraction of sp³-hybridized carbons (Fsp3) is 0.0909. The van der Waals surface area contributed by atoms with Crippen LogP contribution in [0.2, 0.25) is 0 Å². The van der Waals surface area contributed by atoms with Gasteiger partial charge in [0.15, 0.2) is 0 Å². The van der Waals surface area contributed by atoms with Crippen LogP contribution in [-0.4, -0.2) is 7.11 Å². The van der Waals surface area contributed by atoms with Gasteiger partial charge < -0.3 is 9.15 Å². The van der Waals surface area contributed by atoms with Crippen molar-refractivity contribution in [1.82, 2.24) is 0 Å². The van der Waals surface area contributed by atoms with Gasteiger partial charge in [0.1, 0.15) is 17.1 Å². The van der Waals surface area contributed by atoms with Crippen molar-refractivity contribution in [1.29, 1.82) is 0 Å². The highest BCUT2D eigenvalue weighted by Crippen LogP contribution is 2.24. The molecule has 0 saturated heterocycles. The number of furan rings is 1. The number of hydrogen-bond acceptors (Lipinski definition) is 2. The van der Waals surface area contributed by atoms with Crippen LogP contribution in [0.5, 0.6) is 5.75 Å². The van der Waals surface area contributed by atoms with Crippen molar-refractivity contribution in [2.24, 2.45) is 0 Å². The Hall–Kier alpha value is -1.22. The van der Waals surface area contributed by atoms with Crippen LogP contribution < -0.4 is 4.74 Å². The zero-order valence-corrected chi connectivity index (χ0v) is 9.24. The van der Waals surface area contributed by atoms with Crippen LogP contribution in [0, 0.1) is 0 Å². The lowest BCUT2D eigenvalue weighted by molar-refractivity contribution is 0.415. The Morgan fingerprint density at radius 3 is 2.93 bits per heavy atom. The maximum atomic E-state index is 5.54. The average Bonchev–Trinajstić information content (AvgIpc) is 2.59. The number of methoxy groups -OCH3 is 1. The van der Waals surface area contributed by atoms with E-state index < -0.39 is 0 Å². The van der Waals surface area contributed by atoms with Gasteiger partial charge in [0.05, 0.1) is 7.11 Å². The van der Waals surface area contributed by atoms with Gasteiger partial charge in [-0.15, -0.1) is 0 Å². The van der Waals surface area contributed by atoms with Crippen LogP contribution in [-0.2, 0) is 0 Å². The van der Waals surface area contributed by atoms with Crippen molar-refractivity contribution in [3.63, 3.8) is 0 Å². The van der Waals surface area contributed by atoms with Crippen molar-refractivity contribution < 1.29 is 9.15 Å². The molecule has 0 amide bonds. The summed E-state index contributed by atoms with van der Waals surface area (Å²) in [4.78, 5) is 1.77. The Morgan fingerprint density at radius 2 is 2.21 bits per heavy atom. The molecule has 0 aliphatic rings. The molecule has 0 saturated carbocycles. The Kier molecular flexibility index (Phi) is 2.59. The molecule has 72 valence electrons. The Balaban J connectivity index is 2.54. The van der Waals surface area contributed by atoms with E-state index in [9.17, 15) is 0 Å². The summed E-state index contributed by atoms with van der Waals surface area (Å²) in [7, 11) is 1.65. The summed E-state index contributed by atoms with van der Waals surface area (Å²) in [5.41, 5.74) is 0.867. The second kappa shape index (κ2) is 3.88. The van der Waals surface area contributed by atoms with Gasteiger partial charge >= 0.3 is 0 Å². The molecule has 0 fully saturated rings. The summed E-state index contributed by atoms with van der Waals surface area (Å²) in [5.74, 6) is 1.66. The topological polar surface area (TPSA) is 22.4 Å². The van der Waals surface area contributed by atoms with Gasteiger partial charge in [0, 0.05) is 5.39 Å². The summed E-state index contributed by atoms with van der Waals surface area (Å²) in [5, 5.41) is 1.05. The van der Waals surface area contributed by atoms with Gasteiger partial charge in [0.25, 0.3) is 0 Å². The molecule has 1 aromatic carbocycles. The molecule has 1 heterocycles. The second-order valence-electron chi connectivity index (χ2n) is 2.85. The maximum Gasteiger partial charge on any atom is 0.135 e. The molecule has 2 nitrogen and oxygen atoms in total. The summed E-state index contributed by atoms with van der Waals surface area (Å²) >= 11 is 3.21. The minimum absolute atomic E-state index is 0.824. The van der Waals surface area contributed by atoms with Crippen LogP contribution in [0.25, 0.3) is 17.0 Å². The zero-order valence-electron chi connectivity index (χ0n) is 7.66. The Labute approximate surface area is 90.3 Å². The quantitative estimate of drug-likeness (QED) is 0.811. The summed E-state index contributed by atoms with van der Waals surface area (Å²) in [6.07, 6.45) is 1.85. The predicted molar refractivity (Wildman–Crippen MR) is 60.7 cm³/mol. The number of hydrogen-bond donors (Lipinski definition) is 0. The van der Waals surface area contributed by atoms with Crippen molar-refractivity contribution in [2.75, 3.05) is 7.11 Å². The third-order valence-corrected chi connectivity index (χ3v) is 2.23. The molecule has 0 atom stereocenters. The van der Waals surface area contributed by atoms with Crippen LogP contribution in [0.15, 0.2) is 33.7 Å². The molecule has 2 rings (SSSR count). The van der Waals surface area contributed by atoms with Crippen molar-refractivity contribution in [2.45, 2.75) is 0 Å². The summed E-state index contributed by atoms with van der Waals surface area (Å²) in [6.45, 7) is 0. The van der Waals surface area contributed by atoms with E-state index in [1.807, 2.05) is 30.3 Å². The molecule has 0 unspecified atom stereocenters. The first-order chi connectivity index (χ1) is 6.83. The molecule has 0 radical (unpaired) electrons. The van der Waals surface area contributed by atoms with Gasteiger partial charge in [-0.05, 0) is 35.3 Å². The first kappa shape index (κ1) is 9.34. The fourth-order valence-corrected chi connectivity index (χ4v) is 1.57. The van der Waals surface area contributed by atoms with Gasteiger partial charge in [-0.2, -0.15) is 0 Å². The van der Waals surface area contributed by atoms with Crippen LogP contribution >= 0.6 is 15.9 Å². The third-order valence-electron chi connectivity index (χ3n) is 1.97. The monoisotopic (exact) mass is 252 g/mol. The zero-order chi connectivity index (χ0) is 9.97. The van der Waals surface area contributed by atoms with E-state index in [1.165, 1.54) is 0 Å². The minimum atomic E-state index is 0.824. The number of rotatable bonds is 2. The smallest absolute Gasteiger partial charge is 0.135 e. The molecule has 0 spiro atoms. The molecular weight excluding hydrogens is 244 g/mol. The largest absolute Gasteiger partial charge is 0.497 e. The highest BCUT2D eigenvalue weighted by molar-refractivity contribution is 9.11. The second-order valence-corrected chi connectivity index (χ2v) is 3.37. The first-order valence-electron chi connectivity index (χ1n) is 4.18. The molecule has 3 heteroatoms. The summed E-state index contributed by atoms with van der Waals surface area (Å²) < 4.78 is 10.7. The van der Waals surface area contributed by atoms with E-state index in [0.717, 1.165) is 22.5 Å². The lowest BCUT2D eigenvalue weighted by Gasteiger charge is -1.96. The van der Waals surface area contributed by atoms with E-state index in [4.69, 9.17) is 9.15 Å². The lowest BCUT2D eigenvalue weighted by Crippen LogP contribution is -1.79. The normalized spacial score (nSPS) is 11.3. The predicted octanol–water partition coefficient (Wildman–Crippen LogP) is 3.81. The summed E-state index contributed by atoms with van der Waals surface area (Å²) in [6, 6.07) is 7.70. The fourth-order valence-electron chi connectivity index (χ4n) is 1.31. The molecular formula is C11H9BrO2. The lowest BCUT2D eigenvalue weighted by atomic mass is 10.2. The average molecular weight is 253 g/mol. The van der Waals surface area contributed by atoms with Gasteiger partial charge in [0.2, 0.25) is 0 Å². The van der Waals surface area contributed by atoms with Crippen LogP contribution in [0.4, 0.5) is 0 Å². The van der Waals surface area contributed by atoms with Crippen molar-refractivity contribution in [3.05, 3.63) is 35.0 Å². The van der Waals surface area contributed by atoms with E-state index in [1.54, 1.807) is 12.1 Å². The standard InChI is InChI=1S/C11H9BrO2/c1-13-9-2-3-11-8(6-9)7-10(14-11)4-5-12/h2-7H,1H3/b5-4+. The highest BCUT2D eigenvalue weighted by atomic mass is 79.9. The van der Waals surface area contributed by atoms with Crippen molar-refractivity contribution in [3.8, 4) is 5.75 Å². The minimum Gasteiger partial charge on any atom is -0.497 e. The number of benzene rings is 1. The Bertz CT molecular complexity index is 471. The van der Waals surface area contributed by atoms with E-state index in [-0.39, 0.29) is 0 Å². The Morgan fingerprint density at radius 1 is 1.36 bits per heavy atom. The van der Waals surface area contributed by atoms with E-state index in [0.29, 0.717) is 0 Å². The SMILES string of the molecule is COc1ccc2oc(/C=C/Br)cc2c1. The molecule has 0 aliphatic carbocycles. The highest BCUT2D eigenvalue weighted by Gasteiger charge is 2.01. The molecule has 0 bridgehead atoms. The third kappa shape index (κ3) is 1.68. The van der Waals surface area contributed by atoms with Gasteiger partial charge in [-0.3, -0.25) is 0 Å². The number of halogens is 1. The molecule has 2 aromatic rings. The molecule has 1 aromatic heterocycles. The molecule has 0 aliphatic heterocycles. The maximum absolute atomic E-state index is 5.54. The van der Waals surface area contributed by atoms with E-state index in [2.05, 4.69) is 15.9 Å². The first-order valence-corrected chi connectivity index (χ1v) is 5.09. The van der Waals surface area contributed by atoms with Crippen LogP contribution in [0.1, 0.15) is 5.76 Å². The number of fused-ring (bicyclic) bond motifs is 1. The van der Waals surface area contributed by atoms with Gasteiger partial charge in [-0.25, -0.2) is 0 Å². The molecule has 0 N–H and O–H groups in total.